The first-order valence-electron chi connectivity index (χ1n) is 5.87. The van der Waals surface area contributed by atoms with Gasteiger partial charge < -0.3 is 15.5 Å². The molecule has 3 N–H and O–H groups in total. The Morgan fingerprint density at radius 2 is 2.00 bits per heavy atom. The van der Waals surface area contributed by atoms with E-state index in [4.69, 9.17) is 10.2 Å². The highest BCUT2D eigenvalue weighted by molar-refractivity contribution is 7.13. The fourth-order valence-electron chi connectivity index (χ4n) is 1.79. The summed E-state index contributed by atoms with van der Waals surface area (Å²) >= 11 is 1.56. The molecule has 0 aliphatic rings. The number of carbonyl (C=O) groups is 1. The van der Waals surface area contributed by atoms with Gasteiger partial charge in [-0.15, -0.1) is 11.3 Å². The molecule has 3 aromatic rings. The molecule has 5 nitrogen and oxygen atoms in total. The quantitative estimate of drug-likeness (QED) is 0.772. The van der Waals surface area contributed by atoms with Gasteiger partial charge in [-0.05, 0) is 18.2 Å². The molecule has 0 aliphatic carbocycles. The fraction of sp³-hybridized carbons (Fsp3) is 0. The summed E-state index contributed by atoms with van der Waals surface area (Å²) < 4.78 is 5.05. The minimum atomic E-state index is -0.575. The molecule has 1 aromatic carbocycles. The van der Waals surface area contributed by atoms with E-state index in [1.165, 1.54) is 0 Å². The molecule has 0 aliphatic heterocycles. The van der Waals surface area contributed by atoms with E-state index in [2.05, 4.69) is 10.3 Å². The first kappa shape index (κ1) is 12.4. The Hall–Kier alpha value is -2.60. The van der Waals surface area contributed by atoms with Crippen LogP contribution >= 0.6 is 11.3 Å². The first-order chi connectivity index (χ1) is 9.72. The molecule has 2 heterocycles. The van der Waals surface area contributed by atoms with Gasteiger partial charge in [-0.3, -0.25) is 0 Å². The Labute approximate surface area is 119 Å². The SMILES string of the molecule is NC(=O)Nc1ccc(-c2csc(-c3ccoc3)n2)cc1. The molecular weight excluding hydrogens is 274 g/mol. The summed E-state index contributed by atoms with van der Waals surface area (Å²) in [6, 6.07) is 8.66. The highest BCUT2D eigenvalue weighted by atomic mass is 32.1. The van der Waals surface area contributed by atoms with Crippen LogP contribution in [-0.2, 0) is 0 Å². The number of nitrogens with one attached hydrogen (secondary N) is 1. The number of urea groups is 1. The predicted molar refractivity (Wildman–Crippen MR) is 78.5 cm³/mol. The molecule has 0 saturated carbocycles. The number of hydrogen-bond donors (Lipinski definition) is 2. The van der Waals surface area contributed by atoms with E-state index >= 15 is 0 Å². The number of nitrogens with zero attached hydrogens (tertiary/aromatic N) is 1. The molecule has 0 fully saturated rings. The standard InChI is InChI=1S/C14H11N3O2S/c15-14(18)16-11-3-1-9(2-4-11)12-8-20-13(17-12)10-5-6-19-7-10/h1-8H,(H3,15,16,18). The molecule has 3 rings (SSSR count). The predicted octanol–water partition coefficient (Wildman–Crippen LogP) is 3.56. The van der Waals surface area contributed by atoms with Crippen molar-refractivity contribution in [2.45, 2.75) is 0 Å². The molecule has 6 heteroatoms. The van der Waals surface area contributed by atoms with Crippen LogP contribution in [0.2, 0.25) is 0 Å². The Kier molecular flexibility index (Phi) is 3.22. The summed E-state index contributed by atoms with van der Waals surface area (Å²) in [6.45, 7) is 0. The summed E-state index contributed by atoms with van der Waals surface area (Å²) in [5, 5.41) is 5.41. The van der Waals surface area contributed by atoms with Gasteiger partial charge in [-0.25, -0.2) is 9.78 Å². The van der Waals surface area contributed by atoms with Crippen molar-refractivity contribution < 1.29 is 9.21 Å². The van der Waals surface area contributed by atoms with Crippen molar-refractivity contribution in [3.8, 4) is 21.8 Å². The van der Waals surface area contributed by atoms with E-state index in [1.807, 2.05) is 23.6 Å². The second-order valence-corrected chi connectivity index (χ2v) is 4.97. The van der Waals surface area contributed by atoms with Gasteiger partial charge in [0.15, 0.2) is 0 Å². The fourth-order valence-corrected chi connectivity index (χ4v) is 2.61. The number of benzene rings is 1. The number of hydrogen-bond acceptors (Lipinski definition) is 4. The third kappa shape index (κ3) is 2.55. The molecule has 0 spiro atoms. The van der Waals surface area contributed by atoms with Crippen LogP contribution in [0, 0.1) is 0 Å². The summed E-state index contributed by atoms with van der Waals surface area (Å²) in [5.41, 5.74) is 8.55. The van der Waals surface area contributed by atoms with Crippen molar-refractivity contribution in [1.29, 1.82) is 0 Å². The second kappa shape index (κ2) is 5.18. The molecule has 0 atom stereocenters. The van der Waals surface area contributed by atoms with Gasteiger partial charge in [0.25, 0.3) is 0 Å². The molecular formula is C14H11N3O2S. The lowest BCUT2D eigenvalue weighted by atomic mass is 10.1. The van der Waals surface area contributed by atoms with Crippen LogP contribution in [0.5, 0.6) is 0 Å². The molecule has 0 unspecified atom stereocenters. The molecule has 20 heavy (non-hydrogen) atoms. The maximum absolute atomic E-state index is 10.7. The number of nitrogens with two attached hydrogens (primary N) is 1. The molecule has 0 radical (unpaired) electrons. The molecule has 2 aromatic heterocycles. The summed E-state index contributed by atoms with van der Waals surface area (Å²) in [4.78, 5) is 15.3. The van der Waals surface area contributed by atoms with Crippen LogP contribution in [0.3, 0.4) is 0 Å². The average Bonchev–Trinajstić information content (AvgIpc) is 3.10. The van der Waals surface area contributed by atoms with Crippen LogP contribution in [0.15, 0.2) is 52.7 Å². The van der Waals surface area contributed by atoms with Crippen LogP contribution < -0.4 is 11.1 Å². The topological polar surface area (TPSA) is 81.2 Å². The molecule has 0 saturated heterocycles. The molecule has 100 valence electrons. The third-order valence-corrected chi connectivity index (χ3v) is 3.61. The normalized spacial score (nSPS) is 10.4. The van der Waals surface area contributed by atoms with E-state index in [-0.39, 0.29) is 0 Å². The third-order valence-electron chi connectivity index (χ3n) is 2.72. The molecule has 0 bridgehead atoms. The van der Waals surface area contributed by atoms with Gasteiger partial charge in [-0.2, -0.15) is 0 Å². The zero-order valence-electron chi connectivity index (χ0n) is 10.4. The number of rotatable bonds is 3. The minimum absolute atomic E-state index is 0.575. The maximum Gasteiger partial charge on any atom is 0.316 e. The Morgan fingerprint density at radius 1 is 1.20 bits per heavy atom. The van der Waals surface area contributed by atoms with Gasteiger partial charge in [-0.1, -0.05) is 12.1 Å². The Bertz CT molecular complexity index is 717. The van der Waals surface area contributed by atoms with E-state index in [9.17, 15) is 4.79 Å². The second-order valence-electron chi connectivity index (χ2n) is 4.12. The minimum Gasteiger partial charge on any atom is -0.472 e. The number of anilines is 1. The number of amides is 2. The van der Waals surface area contributed by atoms with Crippen LogP contribution in [0.1, 0.15) is 0 Å². The van der Waals surface area contributed by atoms with Crippen LogP contribution in [0.25, 0.3) is 21.8 Å². The highest BCUT2D eigenvalue weighted by Gasteiger charge is 2.07. The van der Waals surface area contributed by atoms with Crippen LogP contribution in [-0.4, -0.2) is 11.0 Å². The van der Waals surface area contributed by atoms with Gasteiger partial charge >= 0.3 is 6.03 Å². The first-order valence-corrected chi connectivity index (χ1v) is 6.75. The van der Waals surface area contributed by atoms with E-state index in [0.29, 0.717) is 5.69 Å². The lowest BCUT2D eigenvalue weighted by molar-refractivity contribution is 0.259. The van der Waals surface area contributed by atoms with Gasteiger partial charge in [0.2, 0.25) is 0 Å². The zero-order chi connectivity index (χ0) is 13.9. The van der Waals surface area contributed by atoms with Gasteiger partial charge in [0, 0.05) is 22.2 Å². The van der Waals surface area contributed by atoms with Crippen molar-refractivity contribution in [2.75, 3.05) is 5.32 Å². The number of thiazole rings is 1. The largest absolute Gasteiger partial charge is 0.472 e. The van der Waals surface area contributed by atoms with Crippen molar-refractivity contribution in [1.82, 2.24) is 4.98 Å². The van der Waals surface area contributed by atoms with Gasteiger partial charge in [0.05, 0.1) is 12.0 Å². The lowest BCUT2D eigenvalue weighted by Crippen LogP contribution is -2.19. The monoisotopic (exact) mass is 285 g/mol. The number of primary amides is 1. The van der Waals surface area contributed by atoms with E-state index in [0.717, 1.165) is 21.8 Å². The summed E-state index contributed by atoms with van der Waals surface area (Å²) in [7, 11) is 0. The maximum atomic E-state index is 10.7. The summed E-state index contributed by atoms with van der Waals surface area (Å²) in [6.07, 6.45) is 3.29. The van der Waals surface area contributed by atoms with E-state index in [1.54, 1.807) is 36.0 Å². The number of aromatic nitrogens is 1. The lowest BCUT2D eigenvalue weighted by Gasteiger charge is -2.02. The molecule has 2 amide bonds. The highest BCUT2D eigenvalue weighted by Crippen LogP contribution is 2.29. The Balaban J connectivity index is 1.84. The van der Waals surface area contributed by atoms with Crippen molar-refractivity contribution in [3.05, 3.63) is 48.2 Å². The zero-order valence-corrected chi connectivity index (χ0v) is 11.2. The average molecular weight is 285 g/mol. The summed E-state index contributed by atoms with van der Waals surface area (Å²) in [5.74, 6) is 0. The smallest absolute Gasteiger partial charge is 0.316 e. The number of furan rings is 1. The van der Waals surface area contributed by atoms with Crippen molar-refractivity contribution >= 4 is 23.1 Å². The Morgan fingerprint density at radius 3 is 2.65 bits per heavy atom. The number of carbonyl (C=O) groups excluding carboxylic acids is 1. The van der Waals surface area contributed by atoms with Crippen molar-refractivity contribution in [2.24, 2.45) is 5.73 Å². The van der Waals surface area contributed by atoms with Crippen molar-refractivity contribution in [3.63, 3.8) is 0 Å². The van der Waals surface area contributed by atoms with Gasteiger partial charge in [0.1, 0.15) is 11.3 Å². The van der Waals surface area contributed by atoms with E-state index < -0.39 is 6.03 Å². The van der Waals surface area contributed by atoms with Crippen LogP contribution in [0.4, 0.5) is 10.5 Å².